The molecular weight excluding hydrogens is 260 g/mol. The van der Waals surface area contributed by atoms with E-state index in [9.17, 15) is 14.7 Å². The van der Waals surface area contributed by atoms with E-state index in [1.165, 1.54) is 19.3 Å². The summed E-state index contributed by atoms with van der Waals surface area (Å²) in [6, 6.07) is 2.56. The van der Waals surface area contributed by atoms with Crippen LogP contribution in [0.2, 0.25) is 0 Å². The van der Waals surface area contributed by atoms with Crippen molar-refractivity contribution in [2.24, 2.45) is 5.41 Å². The molecule has 0 radical (unpaired) electrons. The van der Waals surface area contributed by atoms with Gasteiger partial charge in [-0.25, -0.2) is 9.59 Å². The Morgan fingerprint density at radius 1 is 1.30 bits per heavy atom. The van der Waals surface area contributed by atoms with Gasteiger partial charge in [0, 0.05) is 6.54 Å². The van der Waals surface area contributed by atoms with E-state index in [2.05, 4.69) is 31.4 Å². The van der Waals surface area contributed by atoms with Gasteiger partial charge in [-0.15, -0.1) is 0 Å². The van der Waals surface area contributed by atoms with Crippen molar-refractivity contribution in [3.8, 4) is 0 Å². The van der Waals surface area contributed by atoms with Crippen LogP contribution in [0.3, 0.4) is 0 Å². The zero-order valence-electron chi connectivity index (χ0n) is 12.3. The molecule has 112 valence electrons. The number of carboxylic acid groups (broad SMARTS) is 1. The third-order valence-corrected chi connectivity index (χ3v) is 2.97. The highest BCUT2D eigenvalue weighted by Gasteiger charge is 2.39. The number of amides is 2. The van der Waals surface area contributed by atoms with E-state index in [-0.39, 0.29) is 11.2 Å². The molecule has 0 aliphatic heterocycles. The Balaban J connectivity index is 2.64. The van der Waals surface area contributed by atoms with E-state index in [1.54, 1.807) is 6.07 Å². The second kappa shape index (κ2) is 5.98. The number of rotatable bonds is 5. The van der Waals surface area contributed by atoms with E-state index in [0.717, 1.165) is 6.42 Å². The molecule has 6 nitrogen and oxygen atoms in total. The maximum Gasteiger partial charge on any atom is 0.337 e. The summed E-state index contributed by atoms with van der Waals surface area (Å²) in [7, 11) is 0. The van der Waals surface area contributed by atoms with Gasteiger partial charge in [0.1, 0.15) is 5.76 Å². The van der Waals surface area contributed by atoms with Gasteiger partial charge in [-0.2, -0.15) is 0 Å². The topological polar surface area (TPSA) is 91.6 Å². The first-order valence-corrected chi connectivity index (χ1v) is 6.48. The molecule has 0 spiro atoms. The molecule has 1 rings (SSSR count). The van der Waals surface area contributed by atoms with Crippen molar-refractivity contribution in [2.45, 2.75) is 39.7 Å². The number of nitrogens with one attached hydrogen (secondary N) is 2. The van der Waals surface area contributed by atoms with Gasteiger partial charge < -0.3 is 20.2 Å². The van der Waals surface area contributed by atoms with Crippen LogP contribution in [0.4, 0.5) is 4.79 Å². The maximum atomic E-state index is 11.8. The van der Waals surface area contributed by atoms with Crippen molar-refractivity contribution < 1.29 is 19.1 Å². The molecule has 3 N–H and O–H groups in total. The van der Waals surface area contributed by atoms with Crippen LogP contribution in [0, 0.1) is 5.41 Å². The quantitative estimate of drug-likeness (QED) is 0.772. The van der Waals surface area contributed by atoms with Crippen molar-refractivity contribution in [3.63, 3.8) is 0 Å². The van der Waals surface area contributed by atoms with Gasteiger partial charge in [0.05, 0.1) is 6.26 Å². The summed E-state index contributed by atoms with van der Waals surface area (Å²) in [4.78, 5) is 23.2. The third kappa shape index (κ3) is 4.29. The number of furan rings is 1. The van der Waals surface area contributed by atoms with Crippen LogP contribution in [0.15, 0.2) is 22.8 Å². The molecule has 1 atom stereocenters. The zero-order chi connectivity index (χ0) is 15.4. The molecule has 0 saturated heterocycles. The summed E-state index contributed by atoms with van der Waals surface area (Å²) in [5, 5.41) is 14.4. The summed E-state index contributed by atoms with van der Waals surface area (Å²) >= 11 is 0. The van der Waals surface area contributed by atoms with Crippen LogP contribution in [0.1, 0.15) is 39.9 Å². The molecule has 2 amide bonds. The molecule has 0 aliphatic rings. The Morgan fingerprint density at radius 2 is 1.95 bits per heavy atom. The van der Waals surface area contributed by atoms with E-state index >= 15 is 0 Å². The number of hydrogen-bond donors (Lipinski definition) is 3. The number of carbonyl (C=O) groups is 2. The maximum absolute atomic E-state index is 11.8. The first kappa shape index (κ1) is 16.1. The standard InChI is InChI=1S/C14H22N2O4/c1-13(2,3)7-8-15-12(19)16-14(4,11(17)18)10-6-5-9-20-10/h5-6,9H,7-8H2,1-4H3,(H,17,18)(H2,15,16,19). The molecule has 0 saturated carbocycles. The SMILES string of the molecule is CC(C)(C)CCNC(=O)NC(C)(C(=O)O)c1ccco1. The minimum absolute atomic E-state index is 0.102. The van der Waals surface area contributed by atoms with Crippen LogP contribution in [0.5, 0.6) is 0 Å². The van der Waals surface area contributed by atoms with Gasteiger partial charge in [-0.05, 0) is 30.9 Å². The van der Waals surface area contributed by atoms with Gasteiger partial charge in [-0.1, -0.05) is 20.8 Å². The predicted octanol–water partition coefficient (Wildman–Crippen LogP) is 2.31. The minimum atomic E-state index is -1.59. The largest absolute Gasteiger partial charge is 0.479 e. The van der Waals surface area contributed by atoms with Crippen molar-refractivity contribution in [2.75, 3.05) is 6.54 Å². The van der Waals surface area contributed by atoms with Gasteiger partial charge >= 0.3 is 12.0 Å². The molecule has 0 bridgehead atoms. The smallest absolute Gasteiger partial charge is 0.337 e. The van der Waals surface area contributed by atoms with E-state index in [4.69, 9.17) is 4.42 Å². The fraction of sp³-hybridized carbons (Fsp3) is 0.571. The molecule has 1 aromatic heterocycles. The normalized spacial score (nSPS) is 14.4. The van der Waals surface area contributed by atoms with E-state index in [1.807, 2.05) is 0 Å². The fourth-order valence-corrected chi connectivity index (χ4v) is 1.61. The highest BCUT2D eigenvalue weighted by atomic mass is 16.4. The number of urea groups is 1. The second-order valence-electron chi connectivity index (χ2n) is 6.10. The Morgan fingerprint density at radius 3 is 2.40 bits per heavy atom. The average Bonchev–Trinajstić information content (AvgIpc) is 2.80. The van der Waals surface area contributed by atoms with Crippen LogP contribution < -0.4 is 10.6 Å². The third-order valence-electron chi connectivity index (χ3n) is 2.97. The van der Waals surface area contributed by atoms with Gasteiger partial charge in [0.25, 0.3) is 0 Å². The van der Waals surface area contributed by atoms with Crippen LogP contribution in [-0.2, 0) is 10.3 Å². The Hall–Kier alpha value is -1.98. The molecule has 0 fully saturated rings. The fourth-order valence-electron chi connectivity index (χ4n) is 1.61. The summed E-state index contributed by atoms with van der Waals surface area (Å²) in [5.74, 6) is -1.01. The monoisotopic (exact) mass is 282 g/mol. The first-order valence-electron chi connectivity index (χ1n) is 6.48. The van der Waals surface area contributed by atoms with Crippen LogP contribution >= 0.6 is 0 Å². The van der Waals surface area contributed by atoms with Crippen molar-refractivity contribution >= 4 is 12.0 Å². The Labute approximate surface area is 118 Å². The molecular formula is C14H22N2O4. The highest BCUT2D eigenvalue weighted by Crippen LogP contribution is 2.21. The van der Waals surface area contributed by atoms with Crippen molar-refractivity contribution in [3.05, 3.63) is 24.2 Å². The van der Waals surface area contributed by atoms with Crippen LogP contribution in [0.25, 0.3) is 0 Å². The molecule has 1 unspecified atom stereocenters. The molecule has 0 aromatic carbocycles. The van der Waals surface area contributed by atoms with Crippen molar-refractivity contribution in [1.29, 1.82) is 0 Å². The molecule has 1 aromatic rings. The predicted molar refractivity (Wildman–Crippen MR) is 74.3 cm³/mol. The first-order chi connectivity index (χ1) is 9.15. The lowest BCUT2D eigenvalue weighted by Crippen LogP contribution is -2.53. The number of carboxylic acids is 1. The molecule has 0 aliphatic carbocycles. The summed E-state index contributed by atoms with van der Waals surface area (Å²) in [6.45, 7) is 8.06. The summed E-state index contributed by atoms with van der Waals surface area (Å²) in [6.07, 6.45) is 2.17. The lowest BCUT2D eigenvalue weighted by atomic mass is 9.92. The Kier molecular flexibility index (Phi) is 4.81. The zero-order valence-corrected chi connectivity index (χ0v) is 12.3. The summed E-state index contributed by atoms with van der Waals surface area (Å²) in [5.41, 5.74) is -1.49. The van der Waals surface area contributed by atoms with Crippen molar-refractivity contribution in [1.82, 2.24) is 10.6 Å². The summed E-state index contributed by atoms with van der Waals surface area (Å²) < 4.78 is 5.10. The van der Waals surface area contributed by atoms with E-state index in [0.29, 0.717) is 6.54 Å². The van der Waals surface area contributed by atoms with Gasteiger partial charge in [0.15, 0.2) is 5.54 Å². The molecule has 6 heteroatoms. The van der Waals surface area contributed by atoms with E-state index < -0.39 is 17.5 Å². The van der Waals surface area contributed by atoms with Gasteiger partial charge in [0.2, 0.25) is 0 Å². The highest BCUT2D eigenvalue weighted by molar-refractivity contribution is 5.86. The molecule has 1 heterocycles. The minimum Gasteiger partial charge on any atom is -0.479 e. The second-order valence-corrected chi connectivity index (χ2v) is 6.10. The van der Waals surface area contributed by atoms with Crippen LogP contribution in [-0.4, -0.2) is 23.7 Å². The lowest BCUT2D eigenvalue weighted by molar-refractivity contribution is -0.144. The number of hydrogen-bond acceptors (Lipinski definition) is 3. The van der Waals surface area contributed by atoms with Gasteiger partial charge in [-0.3, -0.25) is 0 Å². The average molecular weight is 282 g/mol. The lowest BCUT2D eigenvalue weighted by Gasteiger charge is -2.25. The number of carbonyl (C=O) groups excluding carboxylic acids is 1. The Bertz CT molecular complexity index is 462. The number of aliphatic carboxylic acids is 1. The molecule has 20 heavy (non-hydrogen) atoms.